The number of methoxy groups -OCH3 is 1. The molecule has 1 aromatic heterocycles. The molecule has 1 aromatic carbocycles. The third-order valence-corrected chi connectivity index (χ3v) is 7.48. The van der Waals surface area contributed by atoms with Gasteiger partial charge in [0.25, 0.3) is 0 Å². The van der Waals surface area contributed by atoms with Crippen LogP contribution in [0, 0.1) is 5.92 Å². The van der Waals surface area contributed by atoms with Gasteiger partial charge < -0.3 is 19.1 Å². The van der Waals surface area contributed by atoms with Gasteiger partial charge >= 0.3 is 5.97 Å². The van der Waals surface area contributed by atoms with E-state index in [1.165, 1.54) is 17.3 Å². The van der Waals surface area contributed by atoms with Crippen LogP contribution < -0.4 is 9.47 Å². The maximum Gasteiger partial charge on any atom is 0.340 e. The normalized spacial score (nSPS) is 31.8. The zero-order valence-corrected chi connectivity index (χ0v) is 18.3. The molecule has 6 nitrogen and oxygen atoms in total. The van der Waals surface area contributed by atoms with Gasteiger partial charge in [0.05, 0.1) is 12.7 Å². The van der Waals surface area contributed by atoms with Crippen molar-refractivity contribution in [2.75, 3.05) is 20.7 Å². The lowest BCUT2D eigenvalue weighted by Gasteiger charge is -2.56. The number of likely N-dealkylation sites (N-methyl/N-ethyl adjacent to an activating group) is 1. The van der Waals surface area contributed by atoms with Crippen LogP contribution in [0.5, 0.6) is 11.5 Å². The van der Waals surface area contributed by atoms with Crippen molar-refractivity contribution in [2.24, 2.45) is 5.92 Å². The van der Waals surface area contributed by atoms with Crippen LogP contribution in [0.4, 0.5) is 0 Å². The van der Waals surface area contributed by atoms with Crippen molar-refractivity contribution in [3.8, 4) is 11.5 Å². The number of likely N-dealkylation sites (tertiary alicyclic amines) is 1. The third kappa shape index (κ3) is 2.68. The Balaban J connectivity index is 0.00000204. The first-order valence-corrected chi connectivity index (χ1v) is 10.5. The molecular weight excluding hydrogens is 416 g/mol. The predicted molar refractivity (Wildman–Crippen MR) is 117 cm³/mol. The van der Waals surface area contributed by atoms with Gasteiger partial charge in [0, 0.05) is 35.3 Å². The fraction of sp³-hybridized carbons (Fsp3) is 0.417. The van der Waals surface area contributed by atoms with Gasteiger partial charge in [0.15, 0.2) is 17.6 Å². The molecule has 2 aromatic rings. The van der Waals surface area contributed by atoms with E-state index in [9.17, 15) is 4.79 Å². The molecule has 1 spiro atoms. The molecule has 6 rings (SSSR count). The number of esters is 1. The predicted octanol–water partition coefficient (Wildman–Crippen LogP) is 3.18. The third-order valence-electron chi connectivity index (χ3n) is 7.48. The van der Waals surface area contributed by atoms with Gasteiger partial charge in [-0.2, -0.15) is 0 Å². The fourth-order valence-electron chi connectivity index (χ4n) is 6.15. The van der Waals surface area contributed by atoms with E-state index in [0.29, 0.717) is 17.5 Å². The molecule has 0 amide bonds. The van der Waals surface area contributed by atoms with Crippen LogP contribution in [0.3, 0.4) is 0 Å². The van der Waals surface area contributed by atoms with Crippen molar-refractivity contribution in [1.29, 1.82) is 0 Å². The van der Waals surface area contributed by atoms with E-state index in [0.717, 1.165) is 30.9 Å². The first kappa shape index (κ1) is 20.3. The van der Waals surface area contributed by atoms with Gasteiger partial charge in [-0.15, -0.1) is 12.4 Å². The topological polar surface area (TPSA) is 60.9 Å². The Labute approximate surface area is 187 Å². The second-order valence-electron chi connectivity index (χ2n) is 8.73. The number of hydrogen-bond donors (Lipinski definition) is 0. The smallest absolute Gasteiger partial charge is 0.340 e. The van der Waals surface area contributed by atoms with Gasteiger partial charge in [-0.05, 0) is 56.3 Å². The van der Waals surface area contributed by atoms with Crippen LogP contribution in [0.2, 0.25) is 0 Å². The molecule has 4 aliphatic rings. The maximum atomic E-state index is 12.8. The number of aromatic nitrogens is 1. The van der Waals surface area contributed by atoms with E-state index >= 15 is 0 Å². The first-order valence-electron chi connectivity index (χ1n) is 10.5. The van der Waals surface area contributed by atoms with Crippen LogP contribution in [-0.2, 0) is 16.6 Å². The highest BCUT2D eigenvalue weighted by molar-refractivity contribution is 5.89. The molecule has 1 fully saturated rings. The maximum absolute atomic E-state index is 12.8. The van der Waals surface area contributed by atoms with Crippen molar-refractivity contribution < 1.29 is 19.0 Å². The molecule has 0 saturated carbocycles. The molecule has 162 valence electrons. The number of hydrogen-bond acceptors (Lipinski definition) is 6. The summed E-state index contributed by atoms with van der Waals surface area (Å²) in [6.45, 7) is 0.994. The average molecular weight is 441 g/mol. The molecule has 0 radical (unpaired) electrons. The lowest BCUT2D eigenvalue weighted by atomic mass is 9.53. The molecule has 31 heavy (non-hydrogen) atoms. The molecule has 5 atom stereocenters. The quantitative estimate of drug-likeness (QED) is 0.539. The van der Waals surface area contributed by atoms with Crippen molar-refractivity contribution in [2.45, 2.75) is 36.5 Å². The molecule has 3 heterocycles. The van der Waals surface area contributed by atoms with Crippen molar-refractivity contribution in [3.05, 3.63) is 65.5 Å². The summed E-state index contributed by atoms with van der Waals surface area (Å²) in [5, 5.41) is 0. The second kappa shape index (κ2) is 7.24. The van der Waals surface area contributed by atoms with Crippen LogP contribution in [0.15, 0.2) is 48.8 Å². The summed E-state index contributed by atoms with van der Waals surface area (Å²) >= 11 is 0. The number of carbonyl (C=O) groups is 1. The highest BCUT2D eigenvalue weighted by Crippen LogP contribution is 2.62. The minimum absolute atomic E-state index is 0. The second-order valence-corrected chi connectivity index (χ2v) is 8.73. The zero-order valence-electron chi connectivity index (χ0n) is 17.5. The highest BCUT2D eigenvalue weighted by Gasteiger charge is 2.65. The van der Waals surface area contributed by atoms with Crippen LogP contribution in [0.1, 0.15) is 27.9 Å². The van der Waals surface area contributed by atoms with Gasteiger partial charge in [-0.1, -0.05) is 12.1 Å². The van der Waals surface area contributed by atoms with Crippen molar-refractivity contribution >= 4 is 18.4 Å². The Kier molecular flexibility index (Phi) is 4.75. The summed E-state index contributed by atoms with van der Waals surface area (Å²) in [7, 11) is 3.89. The molecule has 1 saturated heterocycles. The summed E-state index contributed by atoms with van der Waals surface area (Å²) in [5.74, 6) is 1.54. The largest absolute Gasteiger partial charge is 0.493 e. The molecule has 2 bridgehead atoms. The van der Waals surface area contributed by atoms with Gasteiger partial charge in [0.2, 0.25) is 0 Å². The van der Waals surface area contributed by atoms with Gasteiger partial charge in [-0.25, -0.2) is 4.79 Å². The Morgan fingerprint density at radius 1 is 1.29 bits per heavy atom. The van der Waals surface area contributed by atoms with E-state index in [4.69, 9.17) is 14.2 Å². The van der Waals surface area contributed by atoms with E-state index in [-0.39, 0.29) is 29.9 Å². The zero-order chi connectivity index (χ0) is 20.5. The van der Waals surface area contributed by atoms with E-state index in [1.54, 1.807) is 25.4 Å². The minimum Gasteiger partial charge on any atom is -0.493 e. The Hall–Kier alpha value is -2.57. The van der Waals surface area contributed by atoms with Crippen molar-refractivity contribution in [1.82, 2.24) is 9.88 Å². The Bertz CT molecular complexity index is 1060. The van der Waals surface area contributed by atoms with Crippen LogP contribution >= 0.6 is 12.4 Å². The SMILES string of the molecule is COc1ccc2c3c1O[C@H]1[C@@H](OC(=O)c4cccnc4)C=C[C@H]4C(C2)N(C)CC[C@@]341.Cl. The minimum atomic E-state index is -0.457. The molecule has 2 aliphatic heterocycles. The average Bonchev–Trinajstić information content (AvgIpc) is 3.13. The molecule has 1 unspecified atom stereocenters. The van der Waals surface area contributed by atoms with E-state index in [1.807, 2.05) is 12.1 Å². The van der Waals surface area contributed by atoms with Crippen LogP contribution in [-0.4, -0.2) is 54.8 Å². The number of piperidine rings is 1. The van der Waals surface area contributed by atoms with Crippen LogP contribution in [0.25, 0.3) is 0 Å². The molecular formula is C24H25ClN2O4. The summed E-state index contributed by atoms with van der Waals surface area (Å²) in [6.07, 6.45) is 8.72. The van der Waals surface area contributed by atoms with E-state index in [2.05, 4.69) is 29.1 Å². The number of halogens is 1. The Morgan fingerprint density at radius 2 is 2.16 bits per heavy atom. The first-order chi connectivity index (χ1) is 14.6. The molecule has 0 N–H and O–H groups in total. The summed E-state index contributed by atoms with van der Waals surface area (Å²) < 4.78 is 18.2. The Morgan fingerprint density at radius 3 is 2.94 bits per heavy atom. The number of rotatable bonds is 3. The van der Waals surface area contributed by atoms with Gasteiger partial charge in [0.1, 0.15) is 6.10 Å². The highest BCUT2D eigenvalue weighted by atomic mass is 35.5. The number of benzene rings is 1. The lowest BCUT2D eigenvalue weighted by molar-refractivity contribution is -0.0555. The monoisotopic (exact) mass is 440 g/mol. The summed E-state index contributed by atoms with van der Waals surface area (Å²) in [5.41, 5.74) is 2.86. The van der Waals surface area contributed by atoms with Gasteiger partial charge in [-0.3, -0.25) is 4.98 Å². The number of pyridine rings is 1. The van der Waals surface area contributed by atoms with Crippen molar-refractivity contribution in [3.63, 3.8) is 0 Å². The molecule has 2 aliphatic carbocycles. The number of ether oxygens (including phenoxy) is 3. The van der Waals surface area contributed by atoms with E-state index < -0.39 is 6.10 Å². The fourth-order valence-corrected chi connectivity index (χ4v) is 6.15. The number of nitrogens with zero attached hydrogens (tertiary/aromatic N) is 2. The summed E-state index contributed by atoms with van der Waals surface area (Å²) in [6, 6.07) is 8.07. The summed E-state index contributed by atoms with van der Waals surface area (Å²) in [4.78, 5) is 19.3. The number of carbonyl (C=O) groups excluding carboxylic acids is 1. The lowest BCUT2D eigenvalue weighted by Crippen LogP contribution is -2.65. The molecule has 7 heteroatoms. The standard InChI is InChI=1S/C24H24N2O4.ClH/c1-26-11-9-24-16-6-8-19(29-23(27)15-4-3-10-25-13-15)22(24)30-21-18(28-2)7-5-14(20(21)24)12-17(16)26;/h3-8,10,13,16-17,19,22H,9,11-12H2,1-2H3;1H/t16-,17?,19-,22-,24-;/m0./s1.